The summed E-state index contributed by atoms with van der Waals surface area (Å²) in [5.41, 5.74) is -0.313. The van der Waals surface area contributed by atoms with Crippen molar-refractivity contribution in [1.29, 1.82) is 0 Å². The molecule has 0 fully saturated rings. The first-order chi connectivity index (χ1) is 12.5. The molecular formula is C18H13ClN2O4S. The molecule has 1 amide bonds. The van der Waals surface area contributed by atoms with Crippen molar-refractivity contribution in [2.45, 2.75) is 9.79 Å². The zero-order chi connectivity index (χ0) is 18.7. The lowest BCUT2D eigenvalue weighted by Gasteiger charge is -2.10. The standard InChI is InChI=1S/C18H13ClN2O4S/c19-17-13-8-11(26-10-4-2-1-3-5-10)6-7-12(13)16(24)15(21-17)18(25)20-9-14(22)23/h1-8,24H,9H2,(H,20,25)(H,22,23). The third kappa shape index (κ3) is 3.89. The molecule has 0 aliphatic carbocycles. The number of rotatable bonds is 5. The van der Waals surface area contributed by atoms with Gasteiger partial charge in [0.1, 0.15) is 11.7 Å². The maximum Gasteiger partial charge on any atom is 0.322 e. The lowest BCUT2D eigenvalue weighted by Crippen LogP contribution is -2.30. The Kier molecular flexibility index (Phi) is 5.29. The Hall–Kier alpha value is -2.77. The van der Waals surface area contributed by atoms with Crippen LogP contribution >= 0.6 is 23.4 Å². The fraction of sp³-hybridized carbons (Fsp3) is 0.0556. The highest BCUT2D eigenvalue weighted by molar-refractivity contribution is 7.99. The van der Waals surface area contributed by atoms with Crippen LogP contribution in [0.5, 0.6) is 5.75 Å². The molecule has 3 aromatic rings. The average molecular weight is 389 g/mol. The Labute approximate surface area is 157 Å². The number of benzene rings is 2. The summed E-state index contributed by atoms with van der Waals surface area (Å²) in [6.07, 6.45) is 0. The van der Waals surface area contributed by atoms with Gasteiger partial charge in [-0.3, -0.25) is 9.59 Å². The van der Waals surface area contributed by atoms with Crippen LogP contribution in [-0.2, 0) is 4.79 Å². The molecule has 0 atom stereocenters. The van der Waals surface area contributed by atoms with Gasteiger partial charge in [-0.1, -0.05) is 41.6 Å². The highest BCUT2D eigenvalue weighted by Crippen LogP contribution is 2.36. The first kappa shape index (κ1) is 18.0. The van der Waals surface area contributed by atoms with Crippen molar-refractivity contribution in [3.05, 3.63) is 59.4 Å². The van der Waals surface area contributed by atoms with Crippen LogP contribution in [-0.4, -0.2) is 33.6 Å². The summed E-state index contributed by atoms with van der Waals surface area (Å²) in [4.78, 5) is 28.4. The van der Waals surface area contributed by atoms with E-state index >= 15 is 0 Å². The molecule has 3 N–H and O–H groups in total. The van der Waals surface area contributed by atoms with Crippen molar-refractivity contribution >= 4 is 46.0 Å². The minimum atomic E-state index is -1.20. The Balaban J connectivity index is 1.96. The quantitative estimate of drug-likeness (QED) is 0.578. The molecule has 0 bridgehead atoms. The molecule has 1 aromatic heterocycles. The third-order valence-corrected chi connectivity index (χ3v) is 4.78. The van der Waals surface area contributed by atoms with Gasteiger partial charge in [0.05, 0.1) is 0 Å². The van der Waals surface area contributed by atoms with E-state index in [1.807, 2.05) is 30.3 Å². The first-order valence-corrected chi connectivity index (χ1v) is 8.70. The summed E-state index contributed by atoms with van der Waals surface area (Å²) in [6.45, 7) is -0.581. The van der Waals surface area contributed by atoms with Gasteiger partial charge in [0, 0.05) is 20.6 Å². The van der Waals surface area contributed by atoms with E-state index in [2.05, 4.69) is 10.3 Å². The molecule has 8 heteroatoms. The number of amides is 1. The van der Waals surface area contributed by atoms with Crippen molar-refractivity contribution in [2.24, 2.45) is 0 Å². The predicted molar refractivity (Wildman–Crippen MR) is 99.0 cm³/mol. The van der Waals surface area contributed by atoms with Gasteiger partial charge in [-0.25, -0.2) is 4.98 Å². The van der Waals surface area contributed by atoms with Crippen molar-refractivity contribution in [3.8, 4) is 5.75 Å². The largest absolute Gasteiger partial charge is 0.505 e. The van der Waals surface area contributed by atoms with E-state index in [0.717, 1.165) is 9.79 Å². The molecule has 26 heavy (non-hydrogen) atoms. The number of aromatic nitrogens is 1. The van der Waals surface area contributed by atoms with E-state index in [9.17, 15) is 14.7 Å². The second-order valence-corrected chi connectivity index (χ2v) is 6.80. The first-order valence-electron chi connectivity index (χ1n) is 7.51. The minimum absolute atomic E-state index is 0.0498. The van der Waals surface area contributed by atoms with Crippen molar-refractivity contribution in [1.82, 2.24) is 10.3 Å². The lowest BCUT2D eigenvalue weighted by atomic mass is 10.1. The van der Waals surface area contributed by atoms with Gasteiger partial charge in [0.2, 0.25) is 0 Å². The zero-order valence-corrected chi connectivity index (χ0v) is 14.8. The number of fused-ring (bicyclic) bond motifs is 1. The van der Waals surface area contributed by atoms with Crippen molar-refractivity contribution in [3.63, 3.8) is 0 Å². The van der Waals surface area contributed by atoms with Crippen LogP contribution in [0.1, 0.15) is 10.5 Å². The summed E-state index contributed by atoms with van der Waals surface area (Å²) in [5, 5.41) is 22.0. The van der Waals surface area contributed by atoms with Gasteiger partial charge < -0.3 is 15.5 Å². The Bertz CT molecular complexity index is 995. The number of pyridine rings is 1. The normalized spacial score (nSPS) is 10.7. The second kappa shape index (κ2) is 7.63. The van der Waals surface area contributed by atoms with E-state index in [4.69, 9.17) is 16.7 Å². The monoisotopic (exact) mass is 388 g/mol. The van der Waals surface area contributed by atoms with E-state index < -0.39 is 18.4 Å². The highest BCUT2D eigenvalue weighted by atomic mass is 35.5. The van der Waals surface area contributed by atoms with E-state index in [1.165, 1.54) is 11.8 Å². The number of carbonyl (C=O) groups is 2. The molecule has 0 spiro atoms. The fourth-order valence-electron chi connectivity index (χ4n) is 2.33. The van der Waals surface area contributed by atoms with Crippen LogP contribution in [0.2, 0.25) is 5.15 Å². The lowest BCUT2D eigenvalue weighted by molar-refractivity contribution is -0.135. The Morgan fingerprint density at radius 3 is 2.50 bits per heavy atom. The predicted octanol–water partition coefficient (Wildman–Crippen LogP) is 3.56. The molecule has 6 nitrogen and oxygen atoms in total. The number of hydrogen-bond donors (Lipinski definition) is 3. The van der Waals surface area contributed by atoms with Crippen LogP contribution in [0.15, 0.2) is 58.3 Å². The number of carboxylic acids is 1. The van der Waals surface area contributed by atoms with Crippen LogP contribution in [0.4, 0.5) is 0 Å². The second-order valence-electron chi connectivity index (χ2n) is 5.30. The summed E-state index contributed by atoms with van der Waals surface area (Å²) in [5.74, 6) is -2.35. The molecule has 0 aliphatic rings. The SMILES string of the molecule is O=C(O)CNC(=O)c1nc(Cl)c2cc(Sc3ccccc3)ccc2c1O. The molecule has 0 radical (unpaired) electrons. The van der Waals surface area contributed by atoms with Crippen molar-refractivity contribution in [2.75, 3.05) is 6.54 Å². The number of carbonyl (C=O) groups excluding carboxylic acids is 1. The maximum absolute atomic E-state index is 12.0. The number of aromatic hydroxyl groups is 1. The average Bonchev–Trinajstić information content (AvgIpc) is 2.63. The van der Waals surface area contributed by atoms with Gasteiger partial charge in [0.25, 0.3) is 5.91 Å². The summed E-state index contributed by atoms with van der Waals surface area (Å²) >= 11 is 7.71. The molecule has 0 aliphatic heterocycles. The van der Waals surface area contributed by atoms with Crippen LogP contribution in [0, 0.1) is 0 Å². The van der Waals surface area contributed by atoms with Gasteiger partial charge in [-0.15, -0.1) is 0 Å². The summed E-state index contributed by atoms with van der Waals surface area (Å²) in [6, 6.07) is 15.0. The number of nitrogens with zero attached hydrogens (tertiary/aromatic N) is 1. The third-order valence-electron chi connectivity index (χ3n) is 3.50. The van der Waals surface area contributed by atoms with Crippen molar-refractivity contribution < 1.29 is 19.8 Å². The molecule has 0 saturated carbocycles. The van der Waals surface area contributed by atoms with Gasteiger partial charge >= 0.3 is 5.97 Å². The summed E-state index contributed by atoms with van der Waals surface area (Å²) in [7, 11) is 0. The molecule has 1 heterocycles. The number of nitrogens with one attached hydrogen (secondary N) is 1. The van der Waals surface area contributed by atoms with Gasteiger partial charge in [-0.2, -0.15) is 0 Å². The molecule has 132 valence electrons. The fourth-order valence-corrected chi connectivity index (χ4v) is 3.44. The van der Waals surface area contributed by atoms with Gasteiger partial charge in [0.15, 0.2) is 11.4 Å². The smallest absolute Gasteiger partial charge is 0.322 e. The van der Waals surface area contributed by atoms with Crippen LogP contribution in [0.3, 0.4) is 0 Å². The molecule has 0 unspecified atom stereocenters. The highest BCUT2D eigenvalue weighted by Gasteiger charge is 2.19. The van der Waals surface area contributed by atoms with Gasteiger partial charge in [-0.05, 0) is 30.3 Å². The van der Waals surface area contributed by atoms with E-state index in [0.29, 0.717) is 10.8 Å². The molecule has 0 saturated heterocycles. The number of carboxylic acid groups (broad SMARTS) is 1. The summed E-state index contributed by atoms with van der Waals surface area (Å²) < 4.78 is 0. The zero-order valence-electron chi connectivity index (χ0n) is 13.3. The van der Waals surface area contributed by atoms with Crippen LogP contribution < -0.4 is 5.32 Å². The molecule has 2 aromatic carbocycles. The molecule has 3 rings (SSSR count). The number of aliphatic carboxylic acids is 1. The topological polar surface area (TPSA) is 99.5 Å². The number of hydrogen-bond acceptors (Lipinski definition) is 5. The van der Waals surface area contributed by atoms with Crippen LogP contribution in [0.25, 0.3) is 10.8 Å². The van der Waals surface area contributed by atoms with E-state index in [-0.39, 0.29) is 16.6 Å². The number of halogens is 1. The maximum atomic E-state index is 12.0. The minimum Gasteiger partial charge on any atom is -0.505 e. The van der Waals surface area contributed by atoms with E-state index in [1.54, 1.807) is 18.2 Å². The Morgan fingerprint density at radius 2 is 1.81 bits per heavy atom. The molecular weight excluding hydrogens is 376 g/mol. The Morgan fingerprint density at radius 1 is 1.08 bits per heavy atom.